The van der Waals surface area contributed by atoms with Crippen LogP contribution in [-0.4, -0.2) is 22.5 Å². The molecular weight excluding hydrogens is 314 g/mol. The van der Waals surface area contributed by atoms with Crippen molar-refractivity contribution in [2.24, 2.45) is 0 Å². The van der Waals surface area contributed by atoms with Gasteiger partial charge in [-0.05, 0) is 11.1 Å². The number of carbonyl (C=O) groups excluding carboxylic acids is 1. The summed E-state index contributed by atoms with van der Waals surface area (Å²) >= 11 is 0. The highest BCUT2D eigenvalue weighted by Gasteiger charge is 2.11. The van der Waals surface area contributed by atoms with Gasteiger partial charge in [0.1, 0.15) is 6.61 Å². The van der Waals surface area contributed by atoms with Crippen LogP contribution in [0, 0.1) is 10.1 Å². The summed E-state index contributed by atoms with van der Waals surface area (Å²) in [5.41, 5.74) is 0.0247. The van der Waals surface area contributed by atoms with E-state index in [9.17, 15) is 19.7 Å². The quantitative estimate of drug-likeness (QED) is 0.623. The van der Waals surface area contributed by atoms with Crippen LogP contribution >= 0.6 is 0 Å². The number of ether oxygens (including phenoxy) is 1. The minimum Gasteiger partial charge on any atom is -0.445 e. The minimum absolute atomic E-state index is 0.169. The first-order valence-electron chi connectivity index (χ1n) is 7.04. The van der Waals surface area contributed by atoms with Crippen LogP contribution in [0.25, 0.3) is 6.08 Å². The normalized spacial score (nSPS) is 10.5. The molecule has 0 atom stereocenters. The zero-order valence-electron chi connectivity index (χ0n) is 12.6. The molecular formula is C16H15N3O5. The Labute approximate surface area is 136 Å². The van der Waals surface area contributed by atoms with Crippen molar-refractivity contribution in [2.45, 2.75) is 6.61 Å². The molecule has 0 unspecified atom stereocenters. The van der Waals surface area contributed by atoms with E-state index in [1.54, 1.807) is 12.2 Å². The van der Waals surface area contributed by atoms with Crippen molar-refractivity contribution >= 4 is 17.9 Å². The number of rotatable bonds is 6. The van der Waals surface area contributed by atoms with Crippen LogP contribution in [0.15, 0.2) is 53.5 Å². The Morgan fingerprint density at radius 3 is 2.79 bits per heavy atom. The van der Waals surface area contributed by atoms with Crippen LogP contribution in [-0.2, 0) is 11.3 Å². The van der Waals surface area contributed by atoms with E-state index in [0.29, 0.717) is 5.56 Å². The third-order valence-corrected chi connectivity index (χ3v) is 2.99. The number of H-pyrrole nitrogens is 1. The molecule has 0 bridgehead atoms. The molecule has 8 heteroatoms. The molecule has 0 radical (unpaired) electrons. The molecule has 24 heavy (non-hydrogen) atoms. The molecule has 0 aliphatic carbocycles. The zero-order chi connectivity index (χ0) is 17.4. The monoisotopic (exact) mass is 329 g/mol. The molecule has 0 aliphatic rings. The smallest absolute Gasteiger partial charge is 0.407 e. The molecule has 0 aliphatic heterocycles. The van der Waals surface area contributed by atoms with Crippen molar-refractivity contribution in [3.05, 3.63) is 80.3 Å². The zero-order valence-corrected chi connectivity index (χ0v) is 12.6. The summed E-state index contributed by atoms with van der Waals surface area (Å²) in [6.07, 6.45) is 3.90. The topological polar surface area (TPSA) is 114 Å². The van der Waals surface area contributed by atoms with Gasteiger partial charge in [-0.15, -0.1) is 0 Å². The summed E-state index contributed by atoms with van der Waals surface area (Å²) in [6.45, 7) is 0.350. The number of alkyl carbamates (subject to hydrolysis) is 1. The van der Waals surface area contributed by atoms with Crippen molar-refractivity contribution in [3.63, 3.8) is 0 Å². The number of benzene rings is 1. The lowest BCUT2D eigenvalue weighted by molar-refractivity contribution is -0.386. The van der Waals surface area contributed by atoms with Crippen LogP contribution in [0.2, 0.25) is 0 Å². The molecule has 2 N–H and O–H groups in total. The highest BCUT2D eigenvalue weighted by Crippen LogP contribution is 2.07. The third kappa shape index (κ3) is 5.09. The van der Waals surface area contributed by atoms with Gasteiger partial charge in [-0.2, -0.15) is 0 Å². The fourth-order valence-electron chi connectivity index (χ4n) is 1.83. The maximum Gasteiger partial charge on any atom is 0.407 e. The van der Waals surface area contributed by atoms with E-state index in [1.165, 1.54) is 6.20 Å². The Kier molecular flexibility index (Phi) is 5.84. The standard InChI is InChI=1S/C16H15N3O5/c20-15-14(19(22)23)9-13(10-18-15)7-4-8-17-16(21)24-11-12-5-2-1-3-6-12/h1-7,9-10H,8,11H2,(H,17,21)(H,18,20). The average molecular weight is 329 g/mol. The van der Waals surface area contributed by atoms with Gasteiger partial charge in [0.2, 0.25) is 0 Å². The highest BCUT2D eigenvalue weighted by atomic mass is 16.6. The first-order chi connectivity index (χ1) is 11.6. The number of hydrogen-bond acceptors (Lipinski definition) is 5. The lowest BCUT2D eigenvalue weighted by atomic mass is 10.2. The molecule has 0 saturated heterocycles. The summed E-state index contributed by atoms with van der Waals surface area (Å²) < 4.78 is 5.03. The number of hydrogen-bond donors (Lipinski definition) is 2. The van der Waals surface area contributed by atoms with Crippen LogP contribution in [0.5, 0.6) is 0 Å². The number of nitro groups is 1. The Balaban J connectivity index is 1.80. The molecule has 0 fully saturated rings. The molecule has 2 rings (SSSR count). The SMILES string of the molecule is O=C(NCC=Cc1c[nH]c(=O)c([N+](=O)[O-])c1)OCc1ccccc1. The fraction of sp³-hybridized carbons (Fsp3) is 0.125. The molecule has 2 aromatic rings. The summed E-state index contributed by atoms with van der Waals surface area (Å²) in [5, 5.41) is 13.2. The molecule has 0 saturated carbocycles. The molecule has 1 amide bonds. The van der Waals surface area contributed by atoms with E-state index in [0.717, 1.165) is 11.6 Å². The molecule has 1 heterocycles. The molecule has 1 aromatic carbocycles. The van der Waals surface area contributed by atoms with Crippen molar-refractivity contribution < 1.29 is 14.5 Å². The Bertz CT molecular complexity index is 799. The highest BCUT2D eigenvalue weighted by molar-refractivity contribution is 5.67. The maximum atomic E-state index is 11.5. The van der Waals surface area contributed by atoms with E-state index >= 15 is 0 Å². The number of nitrogens with zero attached hydrogens (tertiary/aromatic N) is 1. The largest absolute Gasteiger partial charge is 0.445 e. The van der Waals surface area contributed by atoms with Gasteiger partial charge in [-0.25, -0.2) is 4.79 Å². The number of nitrogens with one attached hydrogen (secondary N) is 2. The first kappa shape index (κ1) is 16.9. The van der Waals surface area contributed by atoms with Gasteiger partial charge in [0, 0.05) is 18.8 Å². The second-order valence-corrected chi connectivity index (χ2v) is 4.75. The van der Waals surface area contributed by atoms with E-state index < -0.39 is 22.3 Å². The first-order valence-corrected chi connectivity index (χ1v) is 7.04. The average Bonchev–Trinajstić information content (AvgIpc) is 2.59. The van der Waals surface area contributed by atoms with E-state index in [1.807, 2.05) is 30.3 Å². The molecule has 8 nitrogen and oxygen atoms in total. The van der Waals surface area contributed by atoms with Crippen LogP contribution in [0.4, 0.5) is 10.5 Å². The van der Waals surface area contributed by atoms with Crippen molar-refractivity contribution in [2.75, 3.05) is 6.54 Å². The lowest BCUT2D eigenvalue weighted by Gasteiger charge is -2.05. The Morgan fingerprint density at radius 1 is 1.33 bits per heavy atom. The minimum atomic E-state index is -0.764. The van der Waals surface area contributed by atoms with Crippen molar-refractivity contribution in [1.82, 2.24) is 10.3 Å². The summed E-state index contributed by atoms with van der Waals surface area (Å²) in [5.74, 6) is 0. The van der Waals surface area contributed by atoms with Crippen molar-refractivity contribution in [1.29, 1.82) is 0 Å². The second kappa shape index (κ2) is 8.28. The molecule has 0 spiro atoms. The van der Waals surface area contributed by atoms with Gasteiger partial charge in [0.05, 0.1) is 4.92 Å². The van der Waals surface area contributed by atoms with E-state index in [2.05, 4.69) is 10.3 Å². The van der Waals surface area contributed by atoms with Crippen LogP contribution in [0.3, 0.4) is 0 Å². The van der Waals surface area contributed by atoms with E-state index in [-0.39, 0.29) is 13.2 Å². The number of amides is 1. The van der Waals surface area contributed by atoms with Crippen LogP contribution < -0.4 is 10.9 Å². The Hall–Kier alpha value is -3.42. The fourth-order valence-corrected chi connectivity index (χ4v) is 1.83. The lowest BCUT2D eigenvalue weighted by Crippen LogP contribution is -2.24. The second-order valence-electron chi connectivity index (χ2n) is 4.75. The van der Waals surface area contributed by atoms with Crippen molar-refractivity contribution in [3.8, 4) is 0 Å². The van der Waals surface area contributed by atoms with Gasteiger partial charge in [-0.3, -0.25) is 14.9 Å². The van der Waals surface area contributed by atoms with Gasteiger partial charge < -0.3 is 15.0 Å². The number of aromatic amines is 1. The van der Waals surface area contributed by atoms with Gasteiger partial charge in [0.25, 0.3) is 0 Å². The molecule has 124 valence electrons. The Morgan fingerprint density at radius 2 is 2.08 bits per heavy atom. The third-order valence-electron chi connectivity index (χ3n) is 2.99. The van der Waals surface area contributed by atoms with Gasteiger partial charge >= 0.3 is 17.3 Å². The summed E-state index contributed by atoms with van der Waals surface area (Å²) in [6, 6.07) is 10.4. The van der Waals surface area contributed by atoms with Gasteiger partial charge in [0.15, 0.2) is 0 Å². The number of pyridine rings is 1. The predicted octanol–water partition coefficient (Wildman–Crippen LogP) is 2.22. The van der Waals surface area contributed by atoms with Crippen LogP contribution in [0.1, 0.15) is 11.1 Å². The number of aromatic nitrogens is 1. The predicted molar refractivity (Wildman–Crippen MR) is 87.4 cm³/mol. The summed E-state index contributed by atoms with van der Waals surface area (Å²) in [4.78, 5) is 34.9. The molecule has 1 aromatic heterocycles. The number of carbonyl (C=O) groups is 1. The van der Waals surface area contributed by atoms with E-state index in [4.69, 9.17) is 4.74 Å². The summed E-state index contributed by atoms with van der Waals surface area (Å²) in [7, 11) is 0. The maximum absolute atomic E-state index is 11.5. The van der Waals surface area contributed by atoms with Gasteiger partial charge in [-0.1, -0.05) is 42.5 Å².